The van der Waals surface area contributed by atoms with Crippen LogP contribution < -0.4 is 46.7 Å². The minimum atomic E-state index is -1.54. The number of benzene rings is 6. The lowest BCUT2D eigenvalue weighted by Gasteiger charge is -2.62. The van der Waals surface area contributed by atoms with E-state index >= 15 is 28.8 Å². The summed E-state index contributed by atoms with van der Waals surface area (Å²) in [5.41, 5.74) is -0.821. The largest absolute Gasteiger partial charge is 0.487 e. The van der Waals surface area contributed by atoms with Crippen LogP contribution in [0.15, 0.2) is 146 Å². The number of aliphatic hydroxyl groups is 2. The average Bonchev–Trinajstić information content (AvgIpc) is 0.859. The van der Waals surface area contributed by atoms with Crippen molar-refractivity contribution in [2.45, 2.75) is 227 Å². The molecule has 8 aliphatic carbocycles. The fourth-order valence-corrected chi connectivity index (χ4v) is 23.0. The summed E-state index contributed by atoms with van der Waals surface area (Å²) in [5, 5.41) is 89.0. The van der Waals surface area contributed by atoms with Crippen LogP contribution in [0, 0.1) is 40.4 Å². The van der Waals surface area contributed by atoms with E-state index in [1.54, 1.807) is 98.2 Å². The van der Waals surface area contributed by atoms with Gasteiger partial charge >= 0.3 is 11.9 Å². The third kappa shape index (κ3) is 17.8. The highest BCUT2D eigenvalue weighted by Crippen LogP contribution is 2.65. The van der Waals surface area contributed by atoms with Crippen molar-refractivity contribution in [1.82, 2.24) is 77.0 Å². The van der Waals surface area contributed by atoms with E-state index in [-0.39, 0.29) is 101 Å². The summed E-state index contributed by atoms with van der Waals surface area (Å²) >= 11 is 0. The number of carboxylic acids is 2. The Morgan fingerprint density at radius 2 is 0.911 bits per heavy atom. The predicted octanol–water partition coefficient (Wildman–Crippen LogP) is 5.95. The van der Waals surface area contributed by atoms with Crippen molar-refractivity contribution in [2.24, 2.45) is 40.4 Å². The average molecular weight is 1690 g/mol. The number of aromatic nitrogens is 6. The van der Waals surface area contributed by atoms with E-state index in [0.29, 0.717) is 96.5 Å². The fraction of sp³-hybridized carbons (Fsp3) is 0.505. The highest BCUT2D eigenvalue weighted by atomic mass is 16.5. The van der Waals surface area contributed by atoms with Gasteiger partial charge in [0.15, 0.2) is 5.78 Å². The lowest BCUT2D eigenvalue weighted by atomic mass is 9.46. The van der Waals surface area contributed by atoms with E-state index in [1.165, 1.54) is 9.80 Å². The Hall–Kier alpha value is -11.5. The molecule has 31 nitrogen and oxygen atoms in total. The molecule has 11 N–H and O–H groups in total. The summed E-state index contributed by atoms with van der Waals surface area (Å²) in [4.78, 5) is 153. The predicted molar refractivity (Wildman–Crippen MR) is 452 cm³/mol. The molecule has 2 saturated heterocycles. The van der Waals surface area contributed by atoms with Crippen LogP contribution in [-0.4, -0.2) is 212 Å². The number of aliphatic carboxylic acids is 2. The molecule has 0 spiro atoms. The second-order valence-electron chi connectivity index (χ2n) is 37.4. The van der Waals surface area contributed by atoms with Crippen LogP contribution in [0.1, 0.15) is 156 Å². The molecule has 8 aromatic rings. The molecule has 20 bridgehead atoms. The maximum absolute atomic E-state index is 16.2. The molecule has 7 amide bonds. The van der Waals surface area contributed by atoms with E-state index in [4.69, 9.17) is 9.47 Å². The van der Waals surface area contributed by atoms with Gasteiger partial charge in [-0.1, -0.05) is 120 Å². The first-order valence-corrected chi connectivity index (χ1v) is 43.6. The molecule has 6 aliphatic heterocycles. The highest BCUT2D eigenvalue weighted by Gasteiger charge is 2.65. The third-order valence-electron chi connectivity index (χ3n) is 28.5. The van der Waals surface area contributed by atoms with Crippen molar-refractivity contribution in [3.63, 3.8) is 0 Å². The molecule has 124 heavy (non-hydrogen) atoms. The zero-order valence-electron chi connectivity index (χ0n) is 70.1. The van der Waals surface area contributed by atoms with Crippen LogP contribution in [0.3, 0.4) is 0 Å². The Morgan fingerprint density at radius 3 is 1.33 bits per heavy atom. The van der Waals surface area contributed by atoms with Gasteiger partial charge in [0.05, 0.1) is 59.7 Å². The van der Waals surface area contributed by atoms with Gasteiger partial charge in [-0.05, 0) is 210 Å². The molecule has 31 heteroatoms. The minimum Gasteiger partial charge on any atom is -0.487 e. The lowest BCUT2D eigenvalue weighted by molar-refractivity contribution is -0.182. The molecule has 6 aromatic carbocycles. The van der Waals surface area contributed by atoms with Gasteiger partial charge in [0.2, 0.25) is 41.4 Å². The molecular weight excluding hydrogens is 1580 g/mol. The number of hydrogen-bond donors (Lipinski definition) is 11. The Labute approximate surface area is 717 Å². The zero-order valence-corrected chi connectivity index (χ0v) is 70.1. The van der Waals surface area contributed by atoms with Gasteiger partial charge in [0.1, 0.15) is 72.4 Å². The number of carbonyl (C=O) groups is 10. The summed E-state index contributed by atoms with van der Waals surface area (Å²) in [6.45, 7) is 2.88. The van der Waals surface area contributed by atoms with Crippen LogP contribution in [0.5, 0.6) is 11.5 Å². The second kappa shape index (κ2) is 34.5. The van der Waals surface area contributed by atoms with Crippen molar-refractivity contribution in [1.29, 1.82) is 0 Å². The van der Waals surface area contributed by atoms with Crippen LogP contribution in [0.2, 0.25) is 0 Å². The number of fused-ring (bicyclic) bond motifs is 2. The van der Waals surface area contributed by atoms with Gasteiger partial charge in [0.25, 0.3) is 0 Å². The first-order valence-electron chi connectivity index (χ1n) is 43.6. The van der Waals surface area contributed by atoms with Crippen molar-refractivity contribution in [3.8, 4) is 11.5 Å². The number of hydrogen-bond acceptors (Lipinski definition) is 20. The van der Waals surface area contributed by atoms with Crippen LogP contribution in [0.25, 0.3) is 21.5 Å². The summed E-state index contributed by atoms with van der Waals surface area (Å²) in [5.74, 6) is -7.61. The van der Waals surface area contributed by atoms with Crippen molar-refractivity contribution >= 4 is 80.6 Å². The molecule has 8 heterocycles. The quantitative estimate of drug-likeness (QED) is 0.0532. The number of amides is 7. The molecule has 14 aliphatic rings. The standard InChI is InChI=1S/C93H109N15O16/c1-52(94-3)81(110)99-79(90-36-58-25-59(37-90)41-92(121,40-58)50-90)86(115)105-46-69-34-76(105)84(113)96-73(31-56-13-19-62-9-5-7-11-64(62)28-56)78(109)33-66(88(117)118)27-54-15-21-71(22-16-54)123-48-67-45-108(104-101-67)70-35-77(106(47-70)87(116)80(100-82(111)53(2)95-4)91-38-60-26-61(39-91)43-93(122,42-60)51-91)85(114)97-74(32-57-14-20-63-10-6-8-12-65(63)29-57)83(112)98-75(89(119)120)30-55-17-23-72(24-18-55)124-49-68-44-107(69)103-102-68/h5-24,28-29,44-45,52-53,58-61,66,69-70,73-77,79-80,94-95,121-122H,25-27,30-43,46-51H2,1-4H3,(H,96,113)(H,97,114)(H,98,112)(H,99,110)(H,100,111)(H,117,118)(H,119,120)/t52-,53-,58?,59?,60?,61?,66+,69-,70-,73-,74-,75-,76-,77-,79+,80+,90?,91?,92?,93?/m0/s1. The fourth-order valence-electron chi connectivity index (χ4n) is 23.0. The van der Waals surface area contributed by atoms with Crippen LogP contribution in [0.4, 0.5) is 0 Å². The number of likely N-dealkylation sites (N-methyl/N-ethyl adjacent to an activating group) is 2. The number of ether oxygens (including phenoxy) is 2. The Kier molecular flexibility index (Phi) is 23.6. The maximum atomic E-state index is 16.2. The van der Waals surface area contributed by atoms with Gasteiger partial charge in [0, 0.05) is 56.0 Å². The molecule has 10 fully saturated rings. The molecule has 2 aromatic heterocycles. The number of carbonyl (C=O) groups excluding carboxylic acids is 8. The van der Waals surface area contributed by atoms with Crippen LogP contribution in [-0.2, 0) is 86.8 Å². The summed E-state index contributed by atoms with van der Waals surface area (Å²) < 4.78 is 15.7. The van der Waals surface area contributed by atoms with E-state index in [1.807, 2.05) is 84.9 Å². The normalized spacial score (nSPS) is 30.4. The van der Waals surface area contributed by atoms with Gasteiger partial charge < -0.3 is 76.9 Å². The lowest BCUT2D eigenvalue weighted by Crippen LogP contribution is -2.67. The van der Waals surface area contributed by atoms with Gasteiger partial charge in [-0.25, -0.2) is 14.2 Å². The number of likely N-dealkylation sites (tertiary alicyclic amines) is 2. The molecular formula is C93H109N15O16. The number of nitrogens with one attached hydrogen (secondary N) is 7. The van der Waals surface area contributed by atoms with Gasteiger partial charge in [-0.2, -0.15) is 0 Å². The number of rotatable bonds is 16. The monoisotopic (exact) mass is 1690 g/mol. The second-order valence-corrected chi connectivity index (χ2v) is 37.4. The first-order chi connectivity index (χ1) is 59.5. The molecule has 22 rings (SSSR count). The topological polar surface area (TPSA) is 422 Å². The summed E-state index contributed by atoms with van der Waals surface area (Å²) in [7, 11) is 3.28. The van der Waals surface area contributed by atoms with Crippen molar-refractivity contribution < 1.29 is 77.8 Å². The zero-order chi connectivity index (χ0) is 86.7. The third-order valence-corrected chi connectivity index (χ3v) is 28.5. The Balaban J connectivity index is 0.694. The van der Waals surface area contributed by atoms with Gasteiger partial charge in [-0.3, -0.25) is 43.2 Å². The summed E-state index contributed by atoms with van der Waals surface area (Å²) in [6, 6.07) is 27.7. The van der Waals surface area contributed by atoms with E-state index in [2.05, 4.69) is 57.8 Å². The number of nitrogens with zero attached hydrogens (tertiary/aromatic N) is 8. The summed E-state index contributed by atoms with van der Waals surface area (Å²) in [6.07, 6.45) is 9.07. The molecule has 652 valence electrons. The Bertz CT molecular complexity index is 5070. The van der Waals surface area contributed by atoms with Crippen LogP contribution >= 0.6 is 0 Å². The molecule has 16 atom stereocenters. The number of ketones is 1. The van der Waals surface area contributed by atoms with Crippen molar-refractivity contribution in [2.75, 3.05) is 27.2 Å². The minimum absolute atomic E-state index is 0.0400. The molecule has 4 unspecified atom stereocenters. The van der Waals surface area contributed by atoms with E-state index in [9.17, 15) is 39.6 Å². The molecule has 0 radical (unpaired) electrons. The smallest absolute Gasteiger partial charge is 0.326 e. The molecule has 8 saturated carbocycles. The van der Waals surface area contributed by atoms with E-state index in [0.717, 1.165) is 34.4 Å². The number of carboxylic acid groups (broad SMARTS) is 2. The number of Topliss-reactive ketones (excluding diaryl/α,β-unsaturated/α-hetero) is 1. The Morgan fingerprint density at radius 1 is 0.492 bits per heavy atom. The van der Waals surface area contributed by atoms with Gasteiger partial charge in [-0.15, -0.1) is 10.2 Å². The maximum Gasteiger partial charge on any atom is 0.326 e. The SMILES string of the molecule is CN[C@@H](C)C(=O)N[C@H](C(=O)N1C[C@@H]2C[C@H]1C(=O)N[C@@H](Cc1ccc3ccccc3c1)C(=O)C[C@H](C(=O)O)Cc1ccc(cc1)OCc1cn(nn1)[C@H]1C[C@@H](C(=O)N[C@@H](Cc3ccc4ccccc4c3)C(=O)N[C@H](C(=O)O)Cc3ccc(cc3)OCc3cn2nn3)N(C(=O)[C@@H](NC(=O)[C@H](C)NC)C23CC4CC(CC(O)(C4)C2)C3)C1)C12CC3CC(CC(O)(C3)C1)C2. The van der Waals surface area contributed by atoms with Crippen molar-refractivity contribution in [3.05, 3.63) is 179 Å². The highest BCUT2D eigenvalue weighted by molar-refractivity contribution is 5.99. The first kappa shape index (κ1) is 84.7. The van der Waals surface area contributed by atoms with E-state index < -0.39 is 160 Å².